The van der Waals surface area contributed by atoms with E-state index >= 15 is 0 Å². The Labute approximate surface area is 150 Å². The summed E-state index contributed by atoms with van der Waals surface area (Å²) in [6, 6.07) is 6.11. The van der Waals surface area contributed by atoms with Gasteiger partial charge in [0, 0.05) is 25.3 Å². The highest BCUT2D eigenvalue weighted by Gasteiger charge is 2.48. The van der Waals surface area contributed by atoms with Gasteiger partial charge in [-0.2, -0.15) is 0 Å². The predicted octanol–water partition coefficient (Wildman–Crippen LogP) is 2.38. The van der Waals surface area contributed by atoms with Gasteiger partial charge in [-0.1, -0.05) is 6.07 Å². The van der Waals surface area contributed by atoms with Crippen LogP contribution in [0.2, 0.25) is 0 Å². The number of nitrogens with zero attached hydrogens (tertiary/aromatic N) is 3. The Morgan fingerprint density at radius 2 is 2.04 bits per heavy atom. The Hall–Kier alpha value is -1.46. The van der Waals surface area contributed by atoms with Gasteiger partial charge in [0.15, 0.2) is 0 Å². The molecule has 0 radical (unpaired) electrons. The van der Waals surface area contributed by atoms with Crippen LogP contribution in [0, 0.1) is 12.8 Å². The molecule has 1 aromatic rings. The summed E-state index contributed by atoms with van der Waals surface area (Å²) in [4.78, 5) is 21.7. The molecule has 1 aromatic heterocycles. The van der Waals surface area contributed by atoms with E-state index in [0.717, 1.165) is 43.2 Å². The van der Waals surface area contributed by atoms with Crippen molar-refractivity contribution in [2.75, 3.05) is 26.2 Å². The van der Waals surface area contributed by atoms with Crippen molar-refractivity contribution in [2.24, 2.45) is 5.92 Å². The summed E-state index contributed by atoms with van der Waals surface area (Å²) >= 11 is 0. The Bertz CT molecular complexity index is 636. The SMILES string of the molecule is Cc1cccc(CN2C(=O)COC3(CCN(CC4CC4)CC3)[C@H]2C)n1. The number of piperidine rings is 1. The summed E-state index contributed by atoms with van der Waals surface area (Å²) in [6.45, 7) is 8.36. The van der Waals surface area contributed by atoms with Crippen LogP contribution in [-0.4, -0.2) is 58.6 Å². The summed E-state index contributed by atoms with van der Waals surface area (Å²) < 4.78 is 6.15. The number of rotatable bonds is 4. The first kappa shape index (κ1) is 17.0. The minimum absolute atomic E-state index is 0.0850. The first-order valence-electron chi connectivity index (χ1n) is 9.64. The Kier molecular flexibility index (Phi) is 4.54. The average molecular weight is 343 g/mol. The first-order valence-corrected chi connectivity index (χ1v) is 9.64. The van der Waals surface area contributed by atoms with Crippen LogP contribution in [0.1, 0.15) is 44.0 Å². The lowest BCUT2D eigenvalue weighted by molar-refractivity contribution is -0.188. The van der Waals surface area contributed by atoms with E-state index < -0.39 is 0 Å². The van der Waals surface area contributed by atoms with Gasteiger partial charge in [0.05, 0.1) is 23.9 Å². The van der Waals surface area contributed by atoms with Crippen molar-refractivity contribution < 1.29 is 9.53 Å². The highest BCUT2D eigenvalue weighted by molar-refractivity contribution is 5.78. The second-order valence-corrected chi connectivity index (χ2v) is 8.07. The molecule has 1 aliphatic carbocycles. The summed E-state index contributed by atoms with van der Waals surface area (Å²) in [7, 11) is 0. The Morgan fingerprint density at radius 3 is 2.72 bits per heavy atom. The van der Waals surface area contributed by atoms with E-state index in [4.69, 9.17) is 4.74 Å². The molecule has 1 amide bonds. The third-order valence-electron chi connectivity index (χ3n) is 6.23. The van der Waals surface area contributed by atoms with Gasteiger partial charge >= 0.3 is 0 Å². The molecule has 1 spiro atoms. The molecule has 2 saturated heterocycles. The quantitative estimate of drug-likeness (QED) is 0.842. The topological polar surface area (TPSA) is 45.7 Å². The Morgan fingerprint density at radius 1 is 1.28 bits per heavy atom. The number of carbonyl (C=O) groups is 1. The summed E-state index contributed by atoms with van der Waals surface area (Å²) in [5.41, 5.74) is 1.77. The largest absolute Gasteiger partial charge is 0.363 e. The van der Waals surface area contributed by atoms with E-state index in [1.807, 2.05) is 30.0 Å². The summed E-state index contributed by atoms with van der Waals surface area (Å²) in [6.07, 6.45) is 4.85. The lowest BCUT2D eigenvalue weighted by Crippen LogP contribution is -2.63. The second-order valence-electron chi connectivity index (χ2n) is 8.07. The van der Waals surface area contributed by atoms with Crippen molar-refractivity contribution in [1.29, 1.82) is 0 Å². The van der Waals surface area contributed by atoms with Crippen LogP contribution < -0.4 is 0 Å². The molecular formula is C20H29N3O2. The van der Waals surface area contributed by atoms with E-state index in [0.29, 0.717) is 6.54 Å². The number of hydrogen-bond donors (Lipinski definition) is 0. The van der Waals surface area contributed by atoms with Crippen LogP contribution in [0.4, 0.5) is 0 Å². The van der Waals surface area contributed by atoms with Crippen LogP contribution in [0.25, 0.3) is 0 Å². The molecule has 3 heterocycles. The Balaban J connectivity index is 1.44. The van der Waals surface area contributed by atoms with E-state index in [2.05, 4.69) is 16.8 Å². The zero-order valence-corrected chi connectivity index (χ0v) is 15.4. The van der Waals surface area contributed by atoms with E-state index in [-0.39, 0.29) is 24.2 Å². The highest BCUT2D eigenvalue weighted by Crippen LogP contribution is 2.38. The van der Waals surface area contributed by atoms with Gasteiger partial charge in [0.25, 0.3) is 0 Å². The fraction of sp³-hybridized carbons (Fsp3) is 0.700. The number of pyridine rings is 1. The third kappa shape index (κ3) is 3.58. The molecule has 136 valence electrons. The monoisotopic (exact) mass is 343 g/mol. The summed E-state index contributed by atoms with van der Waals surface area (Å²) in [5, 5.41) is 0. The number of hydrogen-bond acceptors (Lipinski definition) is 4. The van der Waals surface area contributed by atoms with Crippen LogP contribution >= 0.6 is 0 Å². The number of carbonyl (C=O) groups excluding carboxylic acids is 1. The lowest BCUT2D eigenvalue weighted by Gasteiger charge is -2.51. The fourth-order valence-corrected chi connectivity index (χ4v) is 4.34. The van der Waals surface area contributed by atoms with Gasteiger partial charge < -0.3 is 14.5 Å². The fourth-order valence-electron chi connectivity index (χ4n) is 4.34. The van der Waals surface area contributed by atoms with Crippen LogP contribution in [0.3, 0.4) is 0 Å². The molecule has 4 rings (SSSR count). The number of aromatic nitrogens is 1. The van der Waals surface area contributed by atoms with E-state index in [9.17, 15) is 4.79 Å². The normalized spacial score (nSPS) is 27.0. The van der Waals surface area contributed by atoms with Gasteiger partial charge in [-0.05, 0) is 57.6 Å². The maximum atomic E-state index is 12.5. The van der Waals surface area contributed by atoms with Gasteiger partial charge in [0.1, 0.15) is 6.61 Å². The molecule has 0 bridgehead atoms. The maximum absolute atomic E-state index is 12.5. The van der Waals surface area contributed by atoms with Gasteiger partial charge in [0.2, 0.25) is 5.91 Å². The number of aryl methyl sites for hydroxylation is 1. The van der Waals surface area contributed by atoms with Crippen molar-refractivity contribution in [1.82, 2.24) is 14.8 Å². The summed E-state index contributed by atoms with van der Waals surface area (Å²) in [5.74, 6) is 1.02. The number of likely N-dealkylation sites (tertiary alicyclic amines) is 1. The van der Waals surface area contributed by atoms with Crippen molar-refractivity contribution in [3.05, 3.63) is 29.6 Å². The minimum Gasteiger partial charge on any atom is -0.363 e. The predicted molar refractivity (Wildman–Crippen MR) is 96.1 cm³/mol. The van der Waals surface area contributed by atoms with Crippen molar-refractivity contribution in [2.45, 2.75) is 57.7 Å². The molecular weight excluding hydrogens is 314 g/mol. The zero-order valence-electron chi connectivity index (χ0n) is 15.4. The number of ether oxygens (including phenoxy) is 1. The van der Waals surface area contributed by atoms with Crippen LogP contribution in [0.5, 0.6) is 0 Å². The van der Waals surface area contributed by atoms with E-state index in [1.54, 1.807) is 0 Å². The molecule has 3 aliphatic rings. The van der Waals surface area contributed by atoms with Crippen molar-refractivity contribution >= 4 is 5.91 Å². The lowest BCUT2D eigenvalue weighted by atomic mass is 9.82. The molecule has 3 fully saturated rings. The van der Waals surface area contributed by atoms with Crippen LogP contribution in [0.15, 0.2) is 18.2 Å². The molecule has 5 heteroatoms. The number of amides is 1. The van der Waals surface area contributed by atoms with Crippen molar-refractivity contribution in [3.8, 4) is 0 Å². The third-order valence-corrected chi connectivity index (χ3v) is 6.23. The maximum Gasteiger partial charge on any atom is 0.249 e. The molecule has 0 N–H and O–H groups in total. The van der Waals surface area contributed by atoms with Crippen molar-refractivity contribution in [3.63, 3.8) is 0 Å². The molecule has 1 saturated carbocycles. The zero-order chi connectivity index (χ0) is 17.4. The first-order chi connectivity index (χ1) is 12.1. The van der Waals surface area contributed by atoms with Crippen LogP contribution in [-0.2, 0) is 16.1 Å². The molecule has 2 aliphatic heterocycles. The van der Waals surface area contributed by atoms with Gasteiger partial charge in [-0.15, -0.1) is 0 Å². The highest BCUT2D eigenvalue weighted by atomic mass is 16.5. The smallest absolute Gasteiger partial charge is 0.249 e. The molecule has 0 aromatic carbocycles. The average Bonchev–Trinajstić information content (AvgIpc) is 3.41. The molecule has 25 heavy (non-hydrogen) atoms. The molecule has 1 atom stereocenters. The molecule has 5 nitrogen and oxygen atoms in total. The standard InChI is InChI=1S/C20H29N3O2/c1-15-4-3-5-18(21-15)13-23-16(2)20(25-14-19(23)24)8-10-22(11-9-20)12-17-6-7-17/h3-5,16-17H,6-14H2,1-2H3/t16-/m1/s1. The molecule has 0 unspecified atom stereocenters. The van der Waals surface area contributed by atoms with Gasteiger partial charge in [-0.3, -0.25) is 9.78 Å². The van der Waals surface area contributed by atoms with E-state index in [1.165, 1.54) is 19.4 Å². The minimum atomic E-state index is -0.183. The number of morpholine rings is 1. The second kappa shape index (κ2) is 6.69. The van der Waals surface area contributed by atoms with Gasteiger partial charge in [-0.25, -0.2) is 0 Å².